The fourth-order valence-corrected chi connectivity index (χ4v) is 3.01. The van der Waals surface area contributed by atoms with E-state index in [1.165, 1.54) is 11.1 Å². The Hall–Kier alpha value is -1.81. The normalized spacial score (nSPS) is 14.3. The molecule has 1 aliphatic heterocycles. The van der Waals surface area contributed by atoms with Gasteiger partial charge in [0.15, 0.2) is 0 Å². The first-order valence-electron chi connectivity index (χ1n) is 5.93. The van der Waals surface area contributed by atoms with Gasteiger partial charge in [0.05, 0.1) is 5.56 Å². The molecule has 3 rings (SSSR count). The number of carbonyl (C=O) groups is 1. The fraction of sp³-hybridized carbons (Fsp3) is 0.214. The first-order chi connectivity index (χ1) is 8.75. The third-order valence-electron chi connectivity index (χ3n) is 3.36. The summed E-state index contributed by atoms with van der Waals surface area (Å²) in [5.41, 5.74) is 9.95. The van der Waals surface area contributed by atoms with E-state index in [2.05, 4.69) is 6.07 Å². The standard InChI is InChI=1S/C14H14N2OS/c15-13-3-1-2-10-8-16(6-4-12(10)13)14(17)11-5-7-18-9-11/h1-3,5,7,9H,4,6,8,15H2. The third-order valence-corrected chi connectivity index (χ3v) is 4.04. The zero-order valence-electron chi connectivity index (χ0n) is 9.93. The van der Waals surface area contributed by atoms with Gasteiger partial charge in [-0.2, -0.15) is 11.3 Å². The second-order valence-corrected chi connectivity index (χ2v) is 5.25. The van der Waals surface area contributed by atoms with Crippen LogP contribution in [0.5, 0.6) is 0 Å². The van der Waals surface area contributed by atoms with Crippen LogP contribution in [0, 0.1) is 0 Å². The molecule has 18 heavy (non-hydrogen) atoms. The molecule has 1 aromatic carbocycles. The molecule has 0 spiro atoms. The van der Waals surface area contributed by atoms with Gasteiger partial charge in [-0.25, -0.2) is 0 Å². The number of amides is 1. The lowest BCUT2D eigenvalue weighted by Crippen LogP contribution is -2.36. The number of carbonyl (C=O) groups excluding carboxylic acids is 1. The average Bonchev–Trinajstić information content (AvgIpc) is 2.91. The summed E-state index contributed by atoms with van der Waals surface area (Å²) in [6.07, 6.45) is 0.845. The molecule has 0 radical (unpaired) electrons. The van der Waals surface area contributed by atoms with Gasteiger partial charge >= 0.3 is 0 Å². The quantitative estimate of drug-likeness (QED) is 0.799. The van der Waals surface area contributed by atoms with Crippen molar-refractivity contribution in [3.63, 3.8) is 0 Å². The fourth-order valence-electron chi connectivity index (χ4n) is 2.38. The highest BCUT2D eigenvalue weighted by Gasteiger charge is 2.22. The molecule has 2 aromatic rings. The summed E-state index contributed by atoms with van der Waals surface area (Å²) < 4.78 is 0. The maximum absolute atomic E-state index is 12.3. The highest BCUT2D eigenvalue weighted by Crippen LogP contribution is 2.25. The molecule has 1 amide bonds. The summed E-state index contributed by atoms with van der Waals surface area (Å²) in [7, 11) is 0. The van der Waals surface area contributed by atoms with Gasteiger partial charge in [-0.15, -0.1) is 0 Å². The number of nitrogens with two attached hydrogens (primary N) is 1. The van der Waals surface area contributed by atoms with Crippen LogP contribution in [0.2, 0.25) is 0 Å². The summed E-state index contributed by atoms with van der Waals surface area (Å²) in [6.45, 7) is 1.41. The van der Waals surface area contributed by atoms with E-state index in [9.17, 15) is 4.79 Å². The molecule has 3 nitrogen and oxygen atoms in total. The molecule has 2 N–H and O–H groups in total. The number of hydrogen-bond donors (Lipinski definition) is 1. The molecular weight excluding hydrogens is 244 g/mol. The molecule has 0 saturated carbocycles. The van der Waals surface area contributed by atoms with E-state index in [0.29, 0.717) is 6.54 Å². The number of nitrogen functional groups attached to an aromatic ring is 1. The average molecular weight is 258 g/mol. The Bertz CT molecular complexity index is 577. The molecule has 4 heteroatoms. The highest BCUT2D eigenvalue weighted by atomic mass is 32.1. The number of thiophene rings is 1. The van der Waals surface area contributed by atoms with E-state index < -0.39 is 0 Å². The van der Waals surface area contributed by atoms with Crippen LogP contribution in [0.3, 0.4) is 0 Å². The van der Waals surface area contributed by atoms with Crippen molar-refractivity contribution < 1.29 is 4.79 Å². The zero-order chi connectivity index (χ0) is 12.5. The van der Waals surface area contributed by atoms with Gasteiger partial charge in [0.25, 0.3) is 5.91 Å². The number of benzene rings is 1. The minimum atomic E-state index is 0.115. The molecule has 1 aromatic heterocycles. The monoisotopic (exact) mass is 258 g/mol. The van der Waals surface area contributed by atoms with Crippen molar-refractivity contribution in [3.05, 3.63) is 51.7 Å². The van der Waals surface area contributed by atoms with E-state index in [1.807, 2.05) is 33.9 Å². The largest absolute Gasteiger partial charge is 0.398 e. The van der Waals surface area contributed by atoms with Gasteiger partial charge in [0, 0.05) is 24.2 Å². The van der Waals surface area contributed by atoms with Crippen LogP contribution >= 0.6 is 11.3 Å². The van der Waals surface area contributed by atoms with E-state index in [0.717, 1.165) is 24.2 Å². The lowest BCUT2D eigenvalue weighted by molar-refractivity contribution is 0.0735. The van der Waals surface area contributed by atoms with Crippen molar-refractivity contribution >= 4 is 22.9 Å². The number of anilines is 1. The summed E-state index contributed by atoms with van der Waals surface area (Å²) in [4.78, 5) is 14.1. The van der Waals surface area contributed by atoms with Crippen molar-refractivity contribution in [2.75, 3.05) is 12.3 Å². The van der Waals surface area contributed by atoms with Gasteiger partial charge in [-0.1, -0.05) is 12.1 Å². The number of rotatable bonds is 1. The van der Waals surface area contributed by atoms with Crippen molar-refractivity contribution in [3.8, 4) is 0 Å². The van der Waals surface area contributed by atoms with Gasteiger partial charge in [0.1, 0.15) is 0 Å². The summed E-state index contributed by atoms with van der Waals surface area (Å²) in [6, 6.07) is 7.81. The van der Waals surface area contributed by atoms with Crippen molar-refractivity contribution in [2.24, 2.45) is 0 Å². The zero-order valence-corrected chi connectivity index (χ0v) is 10.7. The Morgan fingerprint density at radius 3 is 3.00 bits per heavy atom. The van der Waals surface area contributed by atoms with Crippen LogP contribution in [0.4, 0.5) is 5.69 Å². The summed E-state index contributed by atoms with van der Waals surface area (Å²) in [5, 5.41) is 3.83. The first kappa shape index (κ1) is 11.3. The van der Waals surface area contributed by atoms with Crippen LogP contribution < -0.4 is 5.73 Å². The van der Waals surface area contributed by atoms with Crippen LogP contribution in [0.25, 0.3) is 0 Å². The van der Waals surface area contributed by atoms with Gasteiger partial charge in [-0.05, 0) is 35.1 Å². The van der Waals surface area contributed by atoms with E-state index >= 15 is 0 Å². The molecule has 0 saturated heterocycles. The Morgan fingerprint density at radius 1 is 1.33 bits per heavy atom. The smallest absolute Gasteiger partial charge is 0.255 e. The molecule has 0 aliphatic carbocycles. The second kappa shape index (κ2) is 4.46. The molecule has 0 unspecified atom stereocenters. The van der Waals surface area contributed by atoms with Gasteiger partial charge in [0.2, 0.25) is 0 Å². The number of hydrogen-bond acceptors (Lipinski definition) is 3. The third kappa shape index (κ3) is 1.88. The molecule has 92 valence electrons. The molecule has 1 aliphatic rings. The summed E-state index contributed by atoms with van der Waals surface area (Å²) in [5.74, 6) is 0.115. The van der Waals surface area contributed by atoms with Crippen molar-refractivity contribution in [1.82, 2.24) is 4.90 Å². The number of nitrogens with zero attached hydrogens (tertiary/aromatic N) is 1. The number of fused-ring (bicyclic) bond motifs is 1. The minimum Gasteiger partial charge on any atom is -0.398 e. The molecule has 2 heterocycles. The molecule has 0 bridgehead atoms. The van der Waals surface area contributed by atoms with Crippen LogP contribution in [-0.2, 0) is 13.0 Å². The van der Waals surface area contributed by atoms with Crippen molar-refractivity contribution in [1.29, 1.82) is 0 Å². The van der Waals surface area contributed by atoms with E-state index in [-0.39, 0.29) is 5.91 Å². The SMILES string of the molecule is Nc1cccc2c1CCN(C(=O)c1ccsc1)C2. The molecule has 0 atom stereocenters. The predicted octanol–water partition coefficient (Wildman–Crippen LogP) is 2.53. The summed E-state index contributed by atoms with van der Waals surface area (Å²) >= 11 is 1.55. The Kier molecular flexibility index (Phi) is 2.80. The Morgan fingerprint density at radius 2 is 2.22 bits per heavy atom. The topological polar surface area (TPSA) is 46.3 Å². The highest BCUT2D eigenvalue weighted by molar-refractivity contribution is 7.08. The Labute approximate surface area is 110 Å². The molecular formula is C14H14N2OS. The minimum absolute atomic E-state index is 0.115. The van der Waals surface area contributed by atoms with Gasteiger partial charge < -0.3 is 10.6 Å². The Balaban J connectivity index is 1.85. The van der Waals surface area contributed by atoms with Crippen LogP contribution in [0.15, 0.2) is 35.0 Å². The maximum atomic E-state index is 12.3. The van der Waals surface area contributed by atoms with Gasteiger partial charge in [-0.3, -0.25) is 4.79 Å². The lowest BCUT2D eigenvalue weighted by atomic mass is 9.97. The van der Waals surface area contributed by atoms with E-state index in [1.54, 1.807) is 11.3 Å². The van der Waals surface area contributed by atoms with E-state index in [4.69, 9.17) is 5.73 Å². The predicted molar refractivity (Wildman–Crippen MR) is 73.6 cm³/mol. The van der Waals surface area contributed by atoms with Crippen LogP contribution in [-0.4, -0.2) is 17.4 Å². The second-order valence-electron chi connectivity index (χ2n) is 4.47. The first-order valence-corrected chi connectivity index (χ1v) is 6.87. The van der Waals surface area contributed by atoms with Crippen LogP contribution in [0.1, 0.15) is 21.5 Å². The van der Waals surface area contributed by atoms with Crippen molar-refractivity contribution in [2.45, 2.75) is 13.0 Å². The lowest BCUT2D eigenvalue weighted by Gasteiger charge is -2.29. The molecule has 0 fully saturated rings. The maximum Gasteiger partial charge on any atom is 0.255 e.